The molecule has 0 bridgehead atoms. The van der Waals surface area contributed by atoms with Gasteiger partial charge in [0.15, 0.2) is 0 Å². The quantitative estimate of drug-likeness (QED) is 0.374. The average molecular weight is 335 g/mol. The Morgan fingerprint density at radius 3 is 2.56 bits per heavy atom. The first-order chi connectivity index (χ1) is 12.4. The summed E-state index contributed by atoms with van der Waals surface area (Å²) in [6, 6.07) is 17.8. The van der Waals surface area contributed by atoms with Crippen LogP contribution in [-0.4, -0.2) is 15.0 Å². The van der Waals surface area contributed by atoms with E-state index in [4.69, 9.17) is 4.74 Å². The van der Waals surface area contributed by atoms with Crippen molar-refractivity contribution < 1.29 is 4.74 Å². The highest BCUT2D eigenvalue weighted by Crippen LogP contribution is 2.20. The van der Waals surface area contributed by atoms with Gasteiger partial charge in [-0.25, -0.2) is 0 Å². The first-order valence-electron chi connectivity index (χ1n) is 9.12. The SMILES string of the molecule is CCCCCCC/C=C(/Oc1ccccc1)n1nnc2ccccc21. The van der Waals surface area contributed by atoms with Crippen LogP contribution in [-0.2, 0) is 0 Å². The summed E-state index contributed by atoms with van der Waals surface area (Å²) in [5.74, 6) is 1.52. The molecular formula is C21H25N3O. The van der Waals surface area contributed by atoms with Crippen LogP contribution in [0.1, 0.15) is 45.4 Å². The minimum absolute atomic E-state index is 0.718. The molecule has 0 aliphatic carbocycles. The topological polar surface area (TPSA) is 39.9 Å². The van der Waals surface area contributed by atoms with Crippen LogP contribution in [0.4, 0.5) is 0 Å². The Labute approximate surface area is 149 Å². The summed E-state index contributed by atoms with van der Waals surface area (Å²) in [7, 11) is 0. The van der Waals surface area contributed by atoms with E-state index in [-0.39, 0.29) is 0 Å². The Bertz CT molecular complexity index is 808. The molecule has 0 atom stereocenters. The van der Waals surface area contributed by atoms with Crippen LogP contribution in [0.3, 0.4) is 0 Å². The zero-order chi connectivity index (χ0) is 17.3. The lowest BCUT2D eigenvalue weighted by Crippen LogP contribution is -2.06. The van der Waals surface area contributed by atoms with Crippen LogP contribution in [0.25, 0.3) is 16.9 Å². The zero-order valence-electron chi connectivity index (χ0n) is 14.8. The highest BCUT2D eigenvalue weighted by atomic mass is 16.5. The van der Waals surface area contributed by atoms with E-state index in [0.717, 1.165) is 35.5 Å². The number of nitrogens with zero attached hydrogens (tertiary/aromatic N) is 3. The third kappa shape index (κ3) is 4.69. The average Bonchev–Trinajstić information content (AvgIpc) is 3.08. The summed E-state index contributed by atoms with van der Waals surface area (Å²) < 4.78 is 7.90. The maximum atomic E-state index is 6.12. The Morgan fingerprint density at radius 1 is 0.960 bits per heavy atom. The fourth-order valence-electron chi connectivity index (χ4n) is 2.79. The van der Waals surface area contributed by atoms with Gasteiger partial charge in [0.25, 0.3) is 0 Å². The Balaban J connectivity index is 1.79. The number of benzene rings is 2. The summed E-state index contributed by atoms with van der Waals surface area (Å²) in [5, 5.41) is 8.54. The van der Waals surface area contributed by atoms with Gasteiger partial charge in [-0.15, -0.1) is 5.10 Å². The predicted octanol–water partition coefficient (Wildman–Crippen LogP) is 5.67. The smallest absolute Gasteiger partial charge is 0.218 e. The molecule has 1 heterocycles. The molecule has 4 nitrogen and oxygen atoms in total. The third-order valence-electron chi connectivity index (χ3n) is 4.15. The van der Waals surface area contributed by atoms with Crippen molar-refractivity contribution >= 4 is 16.9 Å². The summed E-state index contributed by atoms with van der Waals surface area (Å²) in [4.78, 5) is 0. The highest BCUT2D eigenvalue weighted by Gasteiger charge is 2.10. The van der Waals surface area contributed by atoms with Crippen molar-refractivity contribution in [3.8, 4) is 5.75 Å². The summed E-state index contributed by atoms with van der Waals surface area (Å²) in [6.07, 6.45) is 9.38. The number of unbranched alkanes of at least 4 members (excludes halogenated alkanes) is 5. The largest absolute Gasteiger partial charge is 0.439 e. The van der Waals surface area contributed by atoms with Gasteiger partial charge in [-0.3, -0.25) is 0 Å². The fraction of sp³-hybridized carbons (Fsp3) is 0.333. The van der Waals surface area contributed by atoms with Gasteiger partial charge in [0.2, 0.25) is 5.88 Å². The lowest BCUT2D eigenvalue weighted by molar-refractivity contribution is 0.463. The minimum atomic E-state index is 0.718. The van der Waals surface area contributed by atoms with E-state index in [2.05, 4.69) is 23.3 Å². The highest BCUT2D eigenvalue weighted by molar-refractivity contribution is 5.77. The van der Waals surface area contributed by atoms with Gasteiger partial charge >= 0.3 is 0 Å². The van der Waals surface area contributed by atoms with Gasteiger partial charge in [0.05, 0.1) is 5.52 Å². The molecule has 0 saturated heterocycles. The molecule has 0 spiro atoms. The lowest BCUT2D eigenvalue weighted by atomic mass is 10.1. The van der Waals surface area contributed by atoms with Crippen molar-refractivity contribution in [1.29, 1.82) is 0 Å². The van der Waals surface area contributed by atoms with Crippen molar-refractivity contribution in [3.63, 3.8) is 0 Å². The number of allylic oxidation sites excluding steroid dienone is 1. The number of fused-ring (bicyclic) bond motifs is 1. The van der Waals surface area contributed by atoms with E-state index < -0.39 is 0 Å². The van der Waals surface area contributed by atoms with Crippen LogP contribution in [0, 0.1) is 0 Å². The van der Waals surface area contributed by atoms with Gasteiger partial charge < -0.3 is 4.74 Å². The monoisotopic (exact) mass is 335 g/mol. The van der Waals surface area contributed by atoms with Gasteiger partial charge in [0, 0.05) is 0 Å². The molecule has 0 aliphatic rings. The van der Waals surface area contributed by atoms with E-state index in [9.17, 15) is 0 Å². The Morgan fingerprint density at radius 2 is 1.72 bits per heavy atom. The third-order valence-corrected chi connectivity index (χ3v) is 4.15. The van der Waals surface area contributed by atoms with E-state index >= 15 is 0 Å². The molecule has 0 aliphatic heterocycles. The zero-order valence-corrected chi connectivity index (χ0v) is 14.8. The fourth-order valence-corrected chi connectivity index (χ4v) is 2.79. The number of aromatic nitrogens is 3. The number of rotatable bonds is 9. The predicted molar refractivity (Wildman–Crippen MR) is 102 cm³/mol. The molecule has 0 amide bonds. The molecule has 25 heavy (non-hydrogen) atoms. The van der Waals surface area contributed by atoms with E-state index in [1.54, 1.807) is 4.68 Å². The molecule has 130 valence electrons. The van der Waals surface area contributed by atoms with E-state index in [1.807, 2.05) is 54.6 Å². The molecule has 4 heteroatoms. The molecule has 0 N–H and O–H groups in total. The number of hydrogen-bond donors (Lipinski definition) is 0. The van der Waals surface area contributed by atoms with Crippen LogP contribution in [0.2, 0.25) is 0 Å². The van der Waals surface area contributed by atoms with E-state index in [0.29, 0.717) is 0 Å². The molecule has 0 saturated carbocycles. The van der Waals surface area contributed by atoms with Gasteiger partial charge in [-0.1, -0.05) is 68.2 Å². The Kier molecular flexibility index (Phi) is 6.21. The van der Waals surface area contributed by atoms with Crippen molar-refractivity contribution in [2.45, 2.75) is 45.4 Å². The molecule has 1 aromatic heterocycles. The molecule has 0 unspecified atom stereocenters. The maximum absolute atomic E-state index is 6.12. The maximum Gasteiger partial charge on any atom is 0.218 e. The molecule has 0 fully saturated rings. The van der Waals surface area contributed by atoms with Crippen molar-refractivity contribution in [3.05, 3.63) is 60.7 Å². The summed E-state index contributed by atoms with van der Waals surface area (Å²) in [6.45, 7) is 2.24. The molecule has 3 aromatic rings. The first-order valence-corrected chi connectivity index (χ1v) is 9.12. The van der Waals surface area contributed by atoms with Crippen molar-refractivity contribution in [2.24, 2.45) is 0 Å². The van der Waals surface area contributed by atoms with Crippen LogP contribution < -0.4 is 4.74 Å². The van der Waals surface area contributed by atoms with Crippen LogP contribution in [0.5, 0.6) is 5.75 Å². The second-order valence-electron chi connectivity index (χ2n) is 6.15. The molecule has 3 rings (SSSR count). The standard InChI is InChI=1S/C21H25N3O/c1-2-3-4-5-6-10-17-21(25-18-13-8-7-9-14-18)24-20-16-12-11-15-19(20)22-23-24/h7-9,11-17H,2-6,10H2,1H3/b21-17+. The van der Waals surface area contributed by atoms with Crippen molar-refractivity contribution in [1.82, 2.24) is 15.0 Å². The van der Waals surface area contributed by atoms with Gasteiger partial charge in [-0.2, -0.15) is 4.68 Å². The van der Waals surface area contributed by atoms with Crippen molar-refractivity contribution in [2.75, 3.05) is 0 Å². The second-order valence-corrected chi connectivity index (χ2v) is 6.15. The van der Waals surface area contributed by atoms with E-state index in [1.165, 1.54) is 25.7 Å². The van der Waals surface area contributed by atoms with Gasteiger partial charge in [-0.05, 0) is 43.2 Å². The summed E-state index contributed by atoms with van der Waals surface area (Å²) >= 11 is 0. The second kappa shape index (κ2) is 9.02. The summed E-state index contributed by atoms with van der Waals surface area (Å²) in [5.41, 5.74) is 1.82. The first kappa shape index (κ1) is 17.2. The molecular weight excluding hydrogens is 310 g/mol. The Hall–Kier alpha value is -2.62. The number of para-hydroxylation sites is 2. The minimum Gasteiger partial charge on any atom is -0.439 e. The molecule has 2 aromatic carbocycles. The normalized spacial score (nSPS) is 11.8. The van der Waals surface area contributed by atoms with Crippen LogP contribution >= 0.6 is 0 Å². The number of ether oxygens (including phenoxy) is 1. The number of hydrogen-bond acceptors (Lipinski definition) is 3. The lowest BCUT2D eigenvalue weighted by Gasteiger charge is -2.10. The van der Waals surface area contributed by atoms with Crippen LogP contribution in [0.15, 0.2) is 60.7 Å². The van der Waals surface area contributed by atoms with Gasteiger partial charge in [0.1, 0.15) is 11.3 Å². The molecule has 0 radical (unpaired) electrons.